The summed E-state index contributed by atoms with van der Waals surface area (Å²) in [4.78, 5) is 12.6. The molecule has 1 heterocycles. The van der Waals surface area contributed by atoms with Crippen LogP contribution >= 0.6 is 11.3 Å². The predicted octanol–water partition coefficient (Wildman–Crippen LogP) is 1.39. The molecule has 0 saturated carbocycles. The highest BCUT2D eigenvalue weighted by molar-refractivity contribution is 7.10. The molecular weight excluding hydrogens is 208 g/mol. The summed E-state index contributed by atoms with van der Waals surface area (Å²) in [7, 11) is 0. The molecule has 1 amide bonds. The topological polar surface area (TPSA) is 55.1 Å². The van der Waals surface area contributed by atoms with Crippen LogP contribution in [0.3, 0.4) is 0 Å². The van der Waals surface area contributed by atoms with E-state index in [2.05, 4.69) is 19.2 Å². The fourth-order valence-electron chi connectivity index (χ4n) is 1.10. The Bertz CT molecular complexity index is 296. The molecule has 0 aromatic carbocycles. The van der Waals surface area contributed by atoms with Crippen molar-refractivity contribution in [2.45, 2.75) is 26.3 Å². The van der Waals surface area contributed by atoms with Crippen LogP contribution in [0.1, 0.15) is 18.7 Å². The van der Waals surface area contributed by atoms with E-state index in [4.69, 9.17) is 5.73 Å². The van der Waals surface area contributed by atoms with E-state index in [-0.39, 0.29) is 11.9 Å². The Morgan fingerprint density at radius 1 is 1.60 bits per heavy atom. The molecule has 0 radical (unpaired) electrons. The summed E-state index contributed by atoms with van der Waals surface area (Å²) < 4.78 is 0. The number of nitrogens with two attached hydrogens (primary N) is 1. The number of rotatable bonds is 5. The molecule has 1 atom stereocenters. The lowest BCUT2D eigenvalue weighted by atomic mass is 10.1. The summed E-state index contributed by atoms with van der Waals surface area (Å²) in [5.41, 5.74) is 5.83. The molecular formula is C11H18N2OS. The van der Waals surface area contributed by atoms with Gasteiger partial charge in [0.05, 0.1) is 6.42 Å². The van der Waals surface area contributed by atoms with Crippen molar-refractivity contribution in [3.05, 3.63) is 22.4 Å². The molecule has 0 aliphatic rings. The van der Waals surface area contributed by atoms with Crippen molar-refractivity contribution < 1.29 is 4.79 Å². The molecule has 15 heavy (non-hydrogen) atoms. The number of hydrogen-bond acceptors (Lipinski definition) is 3. The maximum atomic E-state index is 11.5. The fraction of sp³-hybridized carbons (Fsp3) is 0.545. The third kappa shape index (κ3) is 4.44. The van der Waals surface area contributed by atoms with Crippen molar-refractivity contribution in [1.29, 1.82) is 0 Å². The van der Waals surface area contributed by atoms with Crippen molar-refractivity contribution in [3.63, 3.8) is 0 Å². The molecule has 1 unspecified atom stereocenters. The summed E-state index contributed by atoms with van der Waals surface area (Å²) in [6.07, 6.45) is 0.461. The Morgan fingerprint density at radius 3 is 2.87 bits per heavy atom. The van der Waals surface area contributed by atoms with Crippen LogP contribution in [-0.2, 0) is 11.2 Å². The lowest BCUT2D eigenvalue weighted by Gasteiger charge is -2.15. The van der Waals surface area contributed by atoms with Gasteiger partial charge >= 0.3 is 0 Å². The Morgan fingerprint density at radius 2 is 2.33 bits per heavy atom. The monoisotopic (exact) mass is 226 g/mol. The Hall–Kier alpha value is -0.870. The SMILES string of the molecule is CC(C)C(N)CNC(=O)Cc1cccs1. The fourth-order valence-corrected chi connectivity index (χ4v) is 1.80. The molecule has 0 bridgehead atoms. The summed E-state index contributed by atoms with van der Waals surface area (Å²) in [6.45, 7) is 4.66. The van der Waals surface area contributed by atoms with Crippen molar-refractivity contribution in [3.8, 4) is 0 Å². The first-order valence-electron chi connectivity index (χ1n) is 5.14. The van der Waals surface area contributed by atoms with Gasteiger partial charge in [0.2, 0.25) is 5.91 Å². The molecule has 1 aromatic rings. The van der Waals surface area contributed by atoms with Gasteiger partial charge in [-0.15, -0.1) is 11.3 Å². The van der Waals surface area contributed by atoms with Gasteiger partial charge in [-0.25, -0.2) is 0 Å². The molecule has 4 heteroatoms. The van der Waals surface area contributed by atoms with E-state index in [1.54, 1.807) is 11.3 Å². The van der Waals surface area contributed by atoms with E-state index < -0.39 is 0 Å². The van der Waals surface area contributed by atoms with Crippen LogP contribution in [0.4, 0.5) is 0 Å². The molecule has 84 valence electrons. The summed E-state index contributed by atoms with van der Waals surface area (Å²) in [5.74, 6) is 0.445. The lowest BCUT2D eigenvalue weighted by molar-refractivity contribution is -0.120. The molecule has 0 saturated heterocycles. The highest BCUT2D eigenvalue weighted by atomic mass is 32.1. The zero-order valence-corrected chi connectivity index (χ0v) is 10.0. The molecule has 1 rings (SSSR count). The molecule has 0 spiro atoms. The van der Waals surface area contributed by atoms with E-state index in [0.717, 1.165) is 4.88 Å². The Kier molecular flexibility index (Phi) is 4.78. The molecule has 0 aliphatic carbocycles. The van der Waals surface area contributed by atoms with E-state index >= 15 is 0 Å². The maximum Gasteiger partial charge on any atom is 0.225 e. The number of hydrogen-bond donors (Lipinski definition) is 2. The zero-order chi connectivity index (χ0) is 11.3. The average Bonchev–Trinajstić information content (AvgIpc) is 2.66. The van der Waals surface area contributed by atoms with Gasteiger partial charge in [-0.1, -0.05) is 19.9 Å². The molecule has 0 aliphatic heterocycles. The van der Waals surface area contributed by atoms with Gasteiger partial charge in [0.15, 0.2) is 0 Å². The first-order chi connectivity index (χ1) is 7.09. The van der Waals surface area contributed by atoms with Crippen LogP contribution in [0.25, 0.3) is 0 Å². The lowest BCUT2D eigenvalue weighted by Crippen LogP contribution is -2.40. The predicted molar refractivity (Wildman–Crippen MR) is 63.8 cm³/mol. The number of thiophene rings is 1. The standard InChI is InChI=1S/C11H18N2OS/c1-8(2)10(12)7-13-11(14)6-9-4-3-5-15-9/h3-5,8,10H,6-7,12H2,1-2H3,(H,13,14). The highest BCUT2D eigenvalue weighted by Crippen LogP contribution is 2.08. The van der Waals surface area contributed by atoms with Gasteiger partial charge in [0.1, 0.15) is 0 Å². The van der Waals surface area contributed by atoms with Crippen molar-refractivity contribution in [2.24, 2.45) is 11.7 Å². The second-order valence-corrected chi connectivity index (χ2v) is 5.00. The molecule has 3 N–H and O–H groups in total. The largest absolute Gasteiger partial charge is 0.354 e. The van der Waals surface area contributed by atoms with Crippen LogP contribution in [0.15, 0.2) is 17.5 Å². The quantitative estimate of drug-likeness (QED) is 0.797. The third-order valence-electron chi connectivity index (χ3n) is 2.31. The van der Waals surface area contributed by atoms with Crippen molar-refractivity contribution >= 4 is 17.2 Å². The Labute approximate surface area is 94.7 Å². The minimum Gasteiger partial charge on any atom is -0.354 e. The van der Waals surface area contributed by atoms with Gasteiger partial charge in [0.25, 0.3) is 0 Å². The first kappa shape index (κ1) is 12.2. The van der Waals surface area contributed by atoms with Gasteiger partial charge in [-0.05, 0) is 17.4 Å². The van der Waals surface area contributed by atoms with E-state index in [1.807, 2.05) is 17.5 Å². The normalized spacial score (nSPS) is 12.8. The molecule has 1 aromatic heterocycles. The van der Waals surface area contributed by atoms with Gasteiger partial charge < -0.3 is 11.1 Å². The number of nitrogens with one attached hydrogen (secondary N) is 1. The molecule has 3 nitrogen and oxygen atoms in total. The summed E-state index contributed by atoms with van der Waals surface area (Å²) in [5, 5.41) is 4.82. The van der Waals surface area contributed by atoms with E-state index in [1.165, 1.54) is 0 Å². The van der Waals surface area contributed by atoms with Crippen LogP contribution < -0.4 is 11.1 Å². The van der Waals surface area contributed by atoms with Crippen LogP contribution in [0.2, 0.25) is 0 Å². The van der Waals surface area contributed by atoms with E-state index in [0.29, 0.717) is 18.9 Å². The zero-order valence-electron chi connectivity index (χ0n) is 9.19. The number of carbonyl (C=O) groups is 1. The van der Waals surface area contributed by atoms with Crippen molar-refractivity contribution in [2.75, 3.05) is 6.54 Å². The Balaban J connectivity index is 2.25. The first-order valence-corrected chi connectivity index (χ1v) is 6.02. The van der Waals surface area contributed by atoms with Crippen LogP contribution in [0.5, 0.6) is 0 Å². The highest BCUT2D eigenvalue weighted by Gasteiger charge is 2.09. The smallest absolute Gasteiger partial charge is 0.225 e. The second-order valence-electron chi connectivity index (χ2n) is 3.97. The second kappa shape index (κ2) is 5.88. The average molecular weight is 226 g/mol. The van der Waals surface area contributed by atoms with Gasteiger partial charge in [-0.2, -0.15) is 0 Å². The van der Waals surface area contributed by atoms with E-state index in [9.17, 15) is 4.79 Å². The number of carbonyl (C=O) groups excluding carboxylic acids is 1. The van der Waals surface area contributed by atoms with Crippen LogP contribution in [0, 0.1) is 5.92 Å². The summed E-state index contributed by atoms with van der Waals surface area (Å²) in [6, 6.07) is 3.96. The summed E-state index contributed by atoms with van der Waals surface area (Å²) >= 11 is 1.60. The number of amides is 1. The third-order valence-corrected chi connectivity index (χ3v) is 3.18. The maximum absolute atomic E-state index is 11.5. The minimum absolute atomic E-state index is 0.0392. The van der Waals surface area contributed by atoms with Gasteiger partial charge in [-0.3, -0.25) is 4.79 Å². The van der Waals surface area contributed by atoms with Crippen molar-refractivity contribution in [1.82, 2.24) is 5.32 Å². The van der Waals surface area contributed by atoms with Gasteiger partial charge in [0, 0.05) is 17.5 Å². The molecule has 0 fully saturated rings. The minimum atomic E-state index is 0.0392. The van der Waals surface area contributed by atoms with Crippen LogP contribution in [-0.4, -0.2) is 18.5 Å².